The van der Waals surface area contributed by atoms with E-state index in [1.165, 1.54) is 11.3 Å². The Morgan fingerprint density at radius 2 is 2.42 bits per heavy atom. The first-order chi connectivity index (χ1) is 9.22. The fourth-order valence-electron chi connectivity index (χ4n) is 1.71. The van der Waals surface area contributed by atoms with Gasteiger partial charge in [0, 0.05) is 24.3 Å². The molecule has 0 bridgehead atoms. The second-order valence-electron chi connectivity index (χ2n) is 4.60. The molecule has 3 rings (SSSR count). The summed E-state index contributed by atoms with van der Waals surface area (Å²) in [5.74, 6) is -0.0682. The molecule has 0 unspecified atom stereocenters. The predicted octanol–water partition coefficient (Wildman–Crippen LogP) is 1.56. The lowest BCUT2D eigenvalue weighted by Crippen LogP contribution is -2.25. The molecule has 1 amide bonds. The van der Waals surface area contributed by atoms with Gasteiger partial charge in [0.1, 0.15) is 4.88 Å². The van der Waals surface area contributed by atoms with E-state index >= 15 is 0 Å². The van der Waals surface area contributed by atoms with Crippen molar-refractivity contribution in [3.63, 3.8) is 0 Å². The molecule has 1 saturated carbocycles. The van der Waals surface area contributed by atoms with Crippen LogP contribution in [0.25, 0.3) is 0 Å². The normalized spacial score (nSPS) is 14.3. The van der Waals surface area contributed by atoms with Crippen molar-refractivity contribution in [2.45, 2.75) is 25.4 Å². The largest absolute Gasteiger partial charge is 0.397 e. The maximum atomic E-state index is 11.9. The van der Waals surface area contributed by atoms with Crippen molar-refractivity contribution in [2.75, 3.05) is 11.1 Å². The summed E-state index contributed by atoms with van der Waals surface area (Å²) in [4.78, 5) is 12.5. The van der Waals surface area contributed by atoms with Crippen molar-refractivity contribution < 1.29 is 4.79 Å². The van der Waals surface area contributed by atoms with Gasteiger partial charge in [0.25, 0.3) is 5.91 Å². The van der Waals surface area contributed by atoms with Crippen LogP contribution in [0.1, 0.15) is 28.1 Å². The van der Waals surface area contributed by atoms with Gasteiger partial charge in [-0.1, -0.05) is 0 Å². The van der Waals surface area contributed by atoms with Crippen LogP contribution in [0.15, 0.2) is 18.5 Å². The van der Waals surface area contributed by atoms with E-state index in [-0.39, 0.29) is 5.91 Å². The molecule has 2 heterocycles. The number of anilines is 2. The van der Waals surface area contributed by atoms with Crippen LogP contribution in [0, 0.1) is 0 Å². The summed E-state index contributed by atoms with van der Waals surface area (Å²) < 4.78 is 0. The van der Waals surface area contributed by atoms with Crippen LogP contribution in [0.3, 0.4) is 0 Å². The zero-order valence-electron chi connectivity index (χ0n) is 10.3. The van der Waals surface area contributed by atoms with Crippen molar-refractivity contribution >= 4 is 27.9 Å². The molecule has 1 fully saturated rings. The molecule has 0 radical (unpaired) electrons. The summed E-state index contributed by atoms with van der Waals surface area (Å²) in [6.07, 6.45) is 5.72. The number of amides is 1. The first kappa shape index (κ1) is 12.0. The van der Waals surface area contributed by atoms with Crippen molar-refractivity contribution in [1.29, 1.82) is 0 Å². The average Bonchev–Trinajstić information content (AvgIpc) is 2.92. The van der Waals surface area contributed by atoms with E-state index in [1.54, 1.807) is 12.3 Å². The van der Waals surface area contributed by atoms with Gasteiger partial charge in [-0.2, -0.15) is 5.10 Å². The number of rotatable bonds is 5. The highest BCUT2D eigenvalue weighted by molar-refractivity contribution is 7.18. The maximum Gasteiger partial charge on any atom is 0.263 e. The van der Waals surface area contributed by atoms with E-state index in [0.717, 1.165) is 23.4 Å². The third-order valence-corrected chi connectivity index (χ3v) is 4.01. The van der Waals surface area contributed by atoms with Crippen LogP contribution in [-0.4, -0.2) is 22.1 Å². The molecule has 1 aliphatic carbocycles. The van der Waals surface area contributed by atoms with Crippen LogP contribution in [0.2, 0.25) is 0 Å². The van der Waals surface area contributed by atoms with Crippen molar-refractivity contribution in [3.05, 3.63) is 28.9 Å². The summed E-state index contributed by atoms with van der Waals surface area (Å²) in [5.41, 5.74) is 7.46. The Labute approximate surface area is 114 Å². The lowest BCUT2D eigenvalue weighted by atomic mass is 10.3. The number of thiophene rings is 1. The van der Waals surface area contributed by atoms with Gasteiger partial charge in [-0.3, -0.25) is 9.89 Å². The number of nitrogens with zero attached hydrogens (tertiary/aromatic N) is 1. The average molecular weight is 277 g/mol. The molecular weight excluding hydrogens is 262 g/mol. The van der Waals surface area contributed by atoms with Crippen LogP contribution < -0.4 is 16.4 Å². The molecule has 0 aliphatic heterocycles. The zero-order chi connectivity index (χ0) is 13.2. The molecule has 1 aliphatic rings. The number of carbonyl (C=O) groups excluding carboxylic acids is 1. The lowest BCUT2D eigenvalue weighted by Gasteiger charge is -2.01. The molecule has 0 spiro atoms. The minimum absolute atomic E-state index is 0.0682. The van der Waals surface area contributed by atoms with Crippen molar-refractivity contribution in [3.8, 4) is 0 Å². The quantitative estimate of drug-likeness (QED) is 0.667. The number of hydrogen-bond donors (Lipinski definition) is 4. The Morgan fingerprint density at radius 1 is 1.58 bits per heavy atom. The van der Waals surface area contributed by atoms with Gasteiger partial charge in [0.15, 0.2) is 0 Å². The second kappa shape index (κ2) is 4.93. The topological polar surface area (TPSA) is 95.8 Å². The van der Waals surface area contributed by atoms with E-state index in [9.17, 15) is 4.79 Å². The number of carbonyl (C=O) groups is 1. The number of aromatic amines is 1. The Kier molecular flexibility index (Phi) is 3.12. The maximum absolute atomic E-state index is 11.9. The van der Waals surface area contributed by atoms with Gasteiger partial charge < -0.3 is 16.4 Å². The minimum Gasteiger partial charge on any atom is -0.397 e. The Bertz CT molecular complexity index is 573. The smallest absolute Gasteiger partial charge is 0.263 e. The predicted molar refractivity (Wildman–Crippen MR) is 75.1 cm³/mol. The molecule has 2 aromatic rings. The van der Waals surface area contributed by atoms with E-state index in [2.05, 4.69) is 20.8 Å². The summed E-state index contributed by atoms with van der Waals surface area (Å²) in [6.45, 7) is 0.653. The van der Waals surface area contributed by atoms with Crippen molar-refractivity contribution in [1.82, 2.24) is 15.5 Å². The molecule has 5 N–H and O–H groups in total. The van der Waals surface area contributed by atoms with E-state index in [1.807, 2.05) is 6.20 Å². The number of nitrogens with two attached hydrogens (primary N) is 1. The highest BCUT2D eigenvalue weighted by Crippen LogP contribution is 2.30. The Balaban J connectivity index is 1.64. The molecule has 6 nitrogen and oxygen atoms in total. The molecule has 0 saturated heterocycles. The molecule has 19 heavy (non-hydrogen) atoms. The first-order valence-electron chi connectivity index (χ1n) is 6.14. The molecule has 0 aromatic carbocycles. The molecule has 100 valence electrons. The molecule has 7 heteroatoms. The van der Waals surface area contributed by atoms with Gasteiger partial charge in [-0.15, -0.1) is 11.3 Å². The van der Waals surface area contributed by atoms with Gasteiger partial charge in [-0.25, -0.2) is 0 Å². The highest BCUT2D eigenvalue weighted by atomic mass is 32.1. The second-order valence-corrected chi connectivity index (χ2v) is 5.66. The number of aromatic nitrogens is 2. The van der Waals surface area contributed by atoms with E-state index < -0.39 is 0 Å². The van der Waals surface area contributed by atoms with E-state index in [0.29, 0.717) is 23.2 Å². The molecule has 2 aromatic heterocycles. The standard InChI is InChI=1S/C12H15N5OS/c13-9-3-10(14-4-7-5-15-16-6-7)19-11(9)12(18)17-8-1-2-8/h3,5-6,8,14H,1-2,4,13H2,(H,15,16)(H,17,18). The Hall–Kier alpha value is -2.02. The van der Waals surface area contributed by atoms with Crippen LogP contribution in [0.5, 0.6) is 0 Å². The van der Waals surface area contributed by atoms with Gasteiger partial charge >= 0.3 is 0 Å². The van der Waals surface area contributed by atoms with Crippen LogP contribution in [-0.2, 0) is 6.54 Å². The van der Waals surface area contributed by atoms with Crippen LogP contribution in [0.4, 0.5) is 10.7 Å². The third kappa shape index (κ3) is 2.87. The lowest BCUT2D eigenvalue weighted by molar-refractivity contribution is 0.0956. The van der Waals surface area contributed by atoms with E-state index in [4.69, 9.17) is 5.73 Å². The van der Waals surface area contributed by atoms with Crippen molar-refractivity contribution in [2.24, 2.45) is 0 Å². The fourth-order valence-corrected chi connectivity index (χ4v) is 2.59. The Morgan fingerprint density at radius 3 is 3.11 bits per heavy atom. The zero-order valence-corrected chi connectivity index (χ0v) is 11.1. The van der Waals surface area contributed by atoms with Gasteiger partial charge in [0.05, 0.1) is 16.9 Å². The number of hydrogen-bond acceptors (Lipinski definition) is 5. The number of nitrogens with one attached hydrogen (secondary N) is 3. The summed E-state index contributed by atoms with van der Waals surface area (Å²) in [6, 6.07) is 2.14. The van der Waals surface area contributed by atoms with Crippen LogP contribution >= 0.6 is 11.3 Å². The van der Waals surface area contributed by atoms with Gasteiger partial charge in [0.2, 0.25) is 0 Å². The highest BCUT2D eigenvalue weighted by Gasteiger charge is 2.25. The summed E-state index contributed by atoms with van der Waals surface area (Å²) >= 11 is 1.38. The first-order valence-corrected chi connectivity index (χ1v) is 6.96. The van der Waals surface area contributed by atoms with Gasteiger partial charge in [-0.05, 0) is 18.9 Å². The fraction of sp³-hybridized carbons (Fsp3) is 0.333. The third-order valence-electron chi connectivity index (χ3n) is 2.90. The SMILES string of the molecule is Nc1cc(NCc2cn[nH]c2)sc1C(=O)NC1CC1. The number of H-pyrrole nitrogens is 1. The minimum atomic E-state index is -0.0682. The molecule has 0 atom stereocenters. The summed E-state index contributed by atoms with van der Waals surface area (Å²) in [7, 11) is 0. The summed E-state index contributed by atoms with van der Waals surface area (Å²) in [5, 5.41) is 13.7. The number of nitrogen functional groups attached to an aromatic ring is 1. The molecular formula is C12H15N5OS. The monoisotopic (exact) mass is 277 g/mol.